The first-order valence-electron chi connectivity index (χ1n) is 6.14. The number of hydrogen-bond acceptors (Lipinski definition) is 3. The molecule has 1 saturated heterocycles. The molecular formula is C12H21N3O. The molecule has 4 nitrogen and oxygen atoms in total. The van der Waals surface area contributed by atoms with E-state index >= 15 is 0 Å². The van der Waals surface area contributed by atoms with Gasteiger partial charge in [-0.15, -0.1) is 0 Å². The second kappa shape index (κ2) is 5.46. The molecule has 4 heteroatoms. The highest BCUT2D eigenvalue weighted by molar-refractivity contribution is 4.88. The van der Waals surface area contributed by atoms with Gasteiger partial charge in [-0.3, -0.25) is 0 Å². The maximum atomic E-state index is 9.39. The first kappa shape index (κ1) is 11.6. The molecule has 0 bridgehead atoms. The molecule has 0 saturated carbocycles. The first-order valence-corrected chi connectivity index (χ1v) is 6.14. The van der Waals surface area contributed by atoms with Crippen LogP contribution in [0.4, 0.5) is 0 Å². The second-order valence-electron chi connectivity index (χ2n) is 4.62. The zero-order chi connectivity index (χ0) is 11.4. The molecule has 1 aliphatic heterocycles. The number of unbranched alkanes of at least 4 members (excludes halogenated alkanes) is 1. The quantitative estimate of drug-likeness (QED) is 0.758. The van der Waals surface area contributed by atoms with Crippen molar-refractivity contribution >= 4 is 0 Å². The van der Waals surface area contributed by atoms with Crippen LogP contribution >= 0.6 is 0 Å². The molecule has 0 aliphatic carbocycles. The lowest BCUT2D eigenvalue weighted by molar-refractivity contribution is 0.175. The molecule has 0 spiro atoms. The number of nitrogens with zero attached hydrogens (tertiary/aromatic N) is 3. The van der Waals surface area contributed by atoms with Gasteiger partial charge in [0.15, 0.2) is 0 Å². The molecular weight excluding hydrogens is 202 g/mol. The summed E-state index contributed by atoms with van der Waals surface area (Å²) in [6, 6.07) is 0. The summed E-state index contributed by atoms with van der Waals surface area (Å²) in [5, 5.41) is 9.39. The van der Waals surface area contributed by atoms with Gasteiger partial charge in [0.05, 0.1) is 6.10 Å². The third-order valence-electron chi connectivity index (χ3n) is 3.29. The van der Waals surface area contributed by atoms with Gasteiger partial charge >= 0.3 is 0 Å². The smallest absolute Gasteiger partial charge is 0.105 e. The largest absolute Gasteiger partial charge is 0.392 e. The zero-order valence-corrected chi connectivity index (χ0v) is 9.97. The van der Waals surface area contributed by atoms with Crippen LogP contribution in [0.25, 0.3) is 0 Å². The number of aromatic nitrogens is 2. The Morgan fingerprint density at radius 3 is 2.88 bits per heavy atom. The molecule has 0 unspecified atom stereocenters. The Morgan fingerprint density at radius 1 is 1.44 bits per heavy atom. The fourth-order valence-corrected chi connectivity index (χ4v) is 2.27. The molecule has 0 radical (unpaired) electrons. The third kappa shape index (κ3) is 3.06. The van der Waals surface area contributed by atoms with Crippen LogP contribution in [0.15, 0.2) is 12.4 Å². The summed E-state index contributed by atoms with van der Waals surface area (Å²) in [5.41, 5.74) is 0. The van der Waals surface area contributed by atoms with Crippen molar-refractivity contribution in [1.82, 2.24) is 14.5 Å². The van der Waals surface area contributed by atoms with E-state index in [-0.39, 0.29) is 6.10 Å². The Bertz CT molecular complexity index is 324. The van der Waals surface area contributed by atoms with Gasteiger partial charge in [0, 0.05) is 32.0 Å². The van der Waals surface area contributed by atoms with Crippen molar-refractivity contribution in [3.63, 3.8) is 0 Å². The Kier molecular flexibility index (Phi) is 3.96. The van der Waals surface area contributed by atoms with Crippen LogP contribution in [0, 0.1) is 6.92 Å². The first-order chi connectivity index (χ1) is 7.75. The predicted octanol–water partition coefficient (Wildman–Crippen LogP) is 1.04. The molecule has 1 fully saturated rings. The van der Waals surface area contributed by atoms with E-state index in [2.05, 4.69) is 14.5 Å². The normalized spacial score (nSPS) is 21.8. The van der Waals surface area contributed by atoms with Crippen molar-refractivity contribution in [3.05, 3.63) is 18.2 Å². The van der Waals surface area contributed by atoms with E-state index < -0.39 is 0 Å². The molecule has 16 heavy (non-hydrogen) atoms. The number of rotatable bonds is 5. The predicted molar refractivity (Wildman–Crippen MR) is 63.3 cm³/mol. The van der Waals surface area contributed by atoms with Crippen LogP contribution in [-0.4, -0.2) is 45.3 Å². The molecule has 90 valence electrons. The SMILES string of the molecule is Cc1nccn1CCCCN1CC[C@@H](O)C1. The van der Waals surface area contributed by atoms with Crippen molar-refractivity contribution < 1.29 is 5.11 Å². The second-order valence-corrected chi connectivity index (χ2v) is 4.62. The lowest BCUT2D eigenvalue weighted by atomic mass is 10.3. The number of aryl methyl sites for hydroxylation is 2. The highest BCUT2D eigenvalue weighted by Crippen LogP contribution is 2.10. The lowest BCUT2D eigenvalue weighted by Crippen LogP contribution is -2.23. The highest BCUT2D eigenvalue weighted by atomic mass is 16.3. The zero-order valence-electron chi connectivity index (χ0n) is 9.97. The van der Waals surface area contributed by atoms with Gasteiger partial charge in [-0.25, -0.2) is 4.98 Å². The van der Waals surface area contributed by atoms with Crippen molar-refractivity contribution in [2.45, 2.75) is 38.8 Å². The molecule has 0 aromatic carbocycles. The van der Waals surface area contributed by atoms with Gasteiger partial charge < -0.3 is 14.6 Å². The van der Waals surface area contributed by atoms with E-state index in [4.69, 9.17) is 0 Å². The maximum Gasteiger partial charge on any atom is 0.105 e. The Balaban J connectivity index is 1.60. The van der Waals surface area contributed by atoms with Crippen molar-refractivity contribution in [2.24, 2.45) is 0 Å². The standard InChI is InChI=1S/C12H21N3O/c1-11-13-5-9-15(11)7-3-2-6-14-8-4-12(16)10-14/h5,9,12,16H,2-4,6-8,10H2,1H3/t12-/m1/s1. The monoisotopic (exact) mass is 223 g/mol. The maximum absolute atomic E-state index is 9.39. The van der Waals surface area contributed by atoms with Crippen LogP contribution in [0.5, 0.6) is 0 Å². The molecule has 1 aromatic heterocycles. The Morgan fingerprint density at radius 2 is 2.25 bits per heavy atom. The van der Waals surface area contributed by atoms with E-state index in [1.165, 1.54) is 12.8 Å². The minimum atomic E-state index is -0.0871. The summed E-state index contributed by atoms with van der Waals surface area (Å²) < 4.78 is 2.19. The van der Waals surface area contributed by atoms with Gasteiger partial charge in [0.2, 0.25) is 0 Å². The van der Waals surface area contributed by atoms with Gasteiger partial charge in [-0.05, 0) is 32.7 Å². The minimum absolute atomic E-state index is 0.0871. The van der Waals surface area contributed by atoms with Crippen LogP contribution in [0.3, 0.4) is 0 Å². The summed E-state index contributed by atoms with van der Waals surface area (Å²) in [5.74, 6) is 1.09. The Hall–Kier alpha value is -0.870. The topological polar surface area (TPSA) is 41.3 Å². The lowest BCUT2D eigenvalue weighted by Gasteiger charge is -2.14. The molecule has 0 amide bonds. The van der Waals surface area contributed by atoms with Crippen LogP contribution in [0.1, 0.15) is 25.1 Å². The van der Waals surface area contributed by atoms with Crippen molar-refractivity contribution in [2.75, 3.05) is 19.6 Å². The highest BCUT2D eigenvalue weighted by Gasteiger charge is 2.18. The number of imidazole rings is 1. The Labute approximate surface area is 96.9 Å². The average Bonchev–Trinajstić information content (AvgIpc) is 2.83. The van der Waals surface area contributed by atoms with Crippen LogP contribution in [0.2, 0.25) is 0 Å². The van der Waals surface area contributed by atoms with Crippen LogP contribution < -0.4 is 0 Å². The fraction of sp³-hybridized carbons (Fsp3) is 0.750. The fourth-order valence-electron chi connectivity index (χ4n) is 2.27. The molecule has 1 aliphatic rings. The number of β-amino-alcohol motifs (C(OH)–C–C–N with tert-alkyl or cyclic N) is 1. The van der Waals surface area contributed by atoms with Gasteiger partial charge in [-0.2, -0.15) is 0 Å². The van der Waals surface area contributed by atoms with Crippen molar-refractivity contribution in [3.8, 4) is 0 Å². The van der Waals surface area contributed by atoms with Crippen LogP contribution in [-0.2, 0) is 6.54 Å². The third-order valence-corrected chi connectivity index (χ3v) is 3.29. The number of aliphatic hydroxyl groups excluding tert-OH is 1. The number of likely N-dealkylation sites (tertiary alicyclic amines) is 1. The van der Waals surface area contributed by atoms with Gasteiger partial charge in [0.1, 0.15) is 5.82 Å². The summed E-state index contributed by atoms with van der Waals surface area (Å²) in [6.07, 6.45) is 7.13. The summed E-state index contributed by atoms with van der Waals surface area (Å²) in [6.45, 7) is 6.14. The van der Waals surface area contributed by atoms with E-state index in [0.29, 0.717) is 0 Å². The average molecular weight is 223 g/mol. The molecule has 1 N–H and O–H groups in total. The molecule has 2 rings (SSSR count). The van der Waals surface area contributed by atoms with E-state index in [0.717, 1.165) is 38.4 Å². The molecule has 1 aromatic rings. The summed E-state index contributed by atoms with van der Waals surface area (Å²) >= 11 is 0. The summed E-state index contributed by atoms with van der Waals surface area (Å²) in [4.78, 5) is 6.55. The number of aliphatic hydroxyl groups is 1. The van der Waals surface area contributed by atoms with E-state index in [9.17, 15) is 5.11 Å². The minimum Gasteiger partial charge on any atom is -0.392 e. The van der Waals surface area contributed by atoms with E-state index in [1.54, 1.807) is 0 Å². The van der Waals surface area contributed by atoms with Gasteiger partial charge in [0.25, 0.3) is 0 Å². The molecule has 2 heterocycles. The van der Waals surface area contributed by atoms with Gasteiger partial charge in [-0.1, -0.05) is 0 Å². The van der Waals surface area contributed by atoms with E-state index in [1.807, 2.05) is 19.3 Å². The summed E-state index contributed by atoms with van der Waals surface area (Å²) in [7, 11) is 0. The number of hydrogen-bond donors (Lipinski definition) is 1. The van der Waals surface area contributed by atoms with Crippen molar-refractivity contribution in [1.29, 1.82) is 0 Å². The molecule has 1 atom stereocenters.